The van der Waals surface area contributed by atoms with Gasteiger partial charge in [0.05, 0.1) is 0 Å². The first-order valence-electron chi connectivity index (χ1n) is 3.57. The molecule has 0 aliphatic carbocycles. The molecule has 1 heteroatoms. The highest BCUT2D eigenvalue weighted by Crippen LogP contribution is 1.79. The first-order chi connectivity index (χ1) is 4.91. The van der Waals surface area contributed by atoms with E-state index in [1.165, 1.54) is 0 Å². The minimum absolute atomic E-state index is 0.718. The molecule has 0 unspecified atom stereocenters. The zero-order valence-corrected chi connectivity index (χ0v) is 6.41. The van der Waals surface area contributed by atoms with Crippen molar-refractivity contribution in [3.8, 4) is 23.7 Å². The van der Waals surface area contributed by atoms with Gasteiger partial charge in [-0.05, 0) is 24.8 Å². The van der Waals surface area contributed by atoms with E-state index in [2.05, 4.69) is 23.7 Å². The van der Waals surface area contributed by atoms with E-state index < -0.39 is 0 Å². The summed E-state index contributed by atoms with van der Waals surface area (Å²) >= 11 is 0. The Morgan fingerprint density at radius 3 is 2.50 bits per heavy atom. The molecule has 0 aromatic carbocycles. The second kappa shape index (κ2) is 8.08. The van der Waals surface area contributed by atoms with Crippen molar-refractivity contribution in [2.45, 2.75) is 26.2 Å². The van der Waals surface area contributed by atoms with Crippen molar-refractivity contribution < 1.29 is 0 Å². The average molecular weight is 135 g/mol. The number of unbranched alkanes of at least 4 members (excludes halogenated alkanes) is 1. The third-order valence-corrected chi connectivity index (χ3v) is 0.922. The highest BCUT2D eigenvalue weighted by molar-refractivity contribution is 5.25. The lowest BCUT2D eigenvalue weighted by Gasteiger charge is -1.81. The van der Waals surface area contributed by atoms with E-state index in [0.717, 1.165) is 25.8 Å². The maximum atomic E-state index is 5.27. The van der Waals surface area contributed by atoms with E-state index in [1.807, 2.05) is 6.92 Å². The molecule has 0 radical (unpaired) electrons. The first-order valence-corrected chi connectivity index (χ1v) is 3.57. The summed E-state index contributed by atoms with van der Waals surface area (Å²) in [5.74, 6) is 11.3. The molecular weight excluding hydrogens is 122 g/mol. The SMILES string of the molecule is CCC#CC#CCCCN. The van der Waals surface area contributed by atoms with Crippen LogP contribution in [-0.2, 0) is 0 Å². The molecular formula is C9H13N. The summed E-state index contributed by atoms with van der Waals surface area (Å²) in [6.07, 6.45) is 2.72. The van der Waals surface area contributed by atoms with Gasteiger partial charge < -0.3 is 5.73 Å². The molecule has 0 aliphatic heterocycles. The molecule has 0 fully saturated rings. The highest BCUT2D eigenvalue weighted by Gasteiger charge is 1.73. The van der Waals surface area contributed by atoms with Crippen LogP contribution in [0.25, 0.3) is 0 Å². The van der Waals surface area contributed by atoms with E-state index in [0.29, 0.717) is 0 Å². The van der Waals surface area contributed by atoms with Gasteiger partial charge in [0.15, 0.2) is 0 Å². The highest BCUT2D eigenvalue weighted by atomic mass is 14.5. The molecule has 0 atom stereocenters. The first kappa shape index (κ1) is 9.08. The molecule has 0 aromatic rings. The second-order valence-corrected chi connectivity index (χ2v) is 1.85. The van der Waals surface area contributed by atoms with Gasteiger partial charge in [-0.15, -0.1) is 0 Å². The van der Waals surface area contributed by atoms with Crippen molar-refractivity contribution >= 4 is 0 Å². The van der Waals surface area contributed by atoms with Crippen LogP contribution in [0.15, 0.2) is 0 Å². The lowest BCUT2D eigenvalue weighted by molar-refractivity contribution is 0.870. The van der Waals surface area contributed by atoms with E-state index in [4.69, 9.17) is 5.73 Å². The number of nitrogens with two attached hydrogens (primary N) is 1. The Morgan fingerprint density at radius 1 is 1.20 bits per heavy atom. The number of hydrogen-bond donors (Lipinski definition) is 1. The predicted octanol–water partition coefficient (Wildman–Crippen LogP) is 1.14. The van der Waals surface area contributed by atoms with Crippen molar-refractivity contribution in [1.29, 1.82) is 0 Å². The van der Waals surface area contributed by atoms with Crippen LogP contribution in [0.4, 0.5) is 0 Å². The molecule has 0 saturated heterocycles. The van der Waals surface area contributed by atoms with Crippen LogP contribution in [0.2, 0.25) is 0 Å². The molecule has 0 heterocycles. The van der Waals surface area contributed by atoms with Gasteiger partial charge >= 0.3 is 0 Å². The van der Waals surface area contributed by atoms with Crippen molar-refractivity contribution in [2.75, 3.05) is 6.54 Å². The van der Waals surface area contributed by atoms with Crippen LogP contribution in [0.1, 0.15) is 26.2 Å². The largest absolute Gasteiger partial charge is 0.330 e. The summed E-state index contributed by atoms with van der Waals surface area (Å²) in [6.45, 7) is 2.73. The molecule has 1 nitrogen and oxygen atoms in total. The topological polar surface area (TPSA) is 26.0 Å². The van der Waals surface area contributed by atoms with Gasteiger partial charge in [0.25, 0.3) is 0 Å². The van der Waals surface area contributed by atoms with Crippen molar-refractivity contribution in [2.24, 2.45) is 5.73 Å². The van der Waals surface area contributed by atoms with Crippen molar-refractivity contribution in [1.82, 2.24) is 0 Å². The van der Waals surface area contributed by atoms with E-state index >= 15 is 0 Å². The normalized spacial score (nSPS) is 7.00. The molecule has 2 N–H and O–H groups in total. The van der Waals surface area contributed by atoms with Gasteiger partial charge in [-0.2, -0.15) is 0 Å². The van der Waals surface area contributed by atoms with Crippen LogP contribution in [0.5, 0.6) is 0 Å². The third kappa shape index (κ3) is 7.08. The maximum Gasteiger partial charge on any atom is 0.0111 e. The maximum absolute atomic E-state index is 5.27. The molecule has 10 heavy (non-hydrogen) atoms. The number of rotatable bonds is 2. The third-order valence-electron chi connectivity index (χ3n) is 0.922. The summed E-state index contributed by atoms with van der Waals surface area (Å²) in [7, 11) is 0. The summed E-state index contributed by atoms with van der Waals surface area (Å²) in [4.78, 5) is 0. The van der Waals surface area contributed by atoms with Crippen LogP contribution in [0, 0.1) is 23.7 Å². The Labute approximate surface area is 63.0 Å². The van der Waals surface area contributed by atoms with E-state index in [9.17, 15) is 0 Å². The molecule has 0 aromatic heterocycles. The molecule has 0 aliphatic rings. The molecule has 0 saturated carbocycles. The quantitative estimate of drug-likeness (QED) is 0.446. The molecule has 0 bridgehead atoms. The van der Waals surface area contributed by atoms with Crippen LogP contribution in [0.3, 0.4) is 0 Å². The van der Waals surface area contributed by atoms with Crippen molar-refractivity contribution in [3.63, 3.8) is 0 Å². The second-order valence-electron chi connectivity index (χ2n) is 1.85. The van der Waals surface area contributed by atoms with Gasteiger partial charge in [-0.3, -0.25) is 0 Å². The van der Waals surface area contributed by atoms with Crippen LogP contribution < -0.4 is 5.73 Å². The zero-order chi connectivity index (χ0) is 7.66. The monoisotopic (exact) mass is 135 g/mol. The fourth-order valence-corrected chi connectivity index (χ4v) is 0.430. The Kier molecular flexibility index (Phi) is 7.34. The van der Waals surface area contributed by atoms with Crippen molar-refractivity contribution in [3.05, 3.63) is 0 Å². The van der Waals surface area contributed by atoms with Crippen LogP contribution in [-0.4, -0.2) is 6.54 Å². The predicted molar refractivity (Wildman–Crippen MR) is 44.1 cm³/mol. The molecule has 54 valence electrons. The summed E-state index contributed by atoms with van der Waals surface area (Å²) in [5, 5.41) is 0. The fourth-order valence-electron chi connectivity index (χ4n) is 0.430. The molecule has 0 spiro atoms. The summed E-state index contributed by atoms with van der Waals surface area (Å²) in [5.41, 5.74) is 5.27. The van der Waals surface area contributed by atoms with E-state index in [1.54, 1.807) is 0 Å². The number of hydrogen-bond acceptors (Lipinski definition) is 1. The fraction of sp³-hybridized carbons (Fsp3) is 0.556. The average Bonchev–Trinajstić information content (AvgIpc) is 1.97. The Bertz CT molecular complexity index is 172. The van der Waals surface area contributed by atoms with Gasteiger partial charge in [0, 0.05) is 12.8 Å². The van der Waals surface area contributed by atoms with Gasteiger partial charge in [-0.1, -0.05) is 18.8 Å². The van der Waals surface area contributed by atoms with Gasteiger partial charge in [-0.25, -0.2) is 0 Å². The minimum atomic E-state index is 0.718. The Hall–Kier alpha value is -0.920. The lowest BCUT2D eigenvalue weighted by Crippen LogP contribution is -1.96. The molecule has 0 rings (SSSR count). The van der Waals surface area contributed by atoms with Crippen LogP contribution >= 0.6 is 0 Å². The van der Waals surface area contributed by atoms with Gasteiger partial charge in [0.1, 0.15) is 0 Å². The molecule has 0 amide bonds. The van der Waals surface area contributed by atoms with E-state index in [-0.39, 0.29) is 0 Å². The zero-order valence-electron chi connectivity index (χ0n) is 6.41. The lowest BCUT2D eigenvalue weighted by atomic mass is 10.3. The Morgan fingerprint density at radius 2 is 1.90 bits per heavy atom. The minimum Gasteiger partial charge on any atom is -0.330 e. The smallest absolute Gasteiger partial charge is 0.0111 e. The Balaban J connectivity index is 3.31. The standard InChI is InChI=1S/C9H13N/c1-2-3-4-5-6-7-8-9-10/h2,7-10H2,1H3. The van der Waals surface area contributed by atoms with Gasteiger partial charge in [0.2, 0.25) is 0 Å². The summed E-state index contributed by atoms with van der Waals surface area (Å²) in [6, 6.07) is 0. The summed E-state index contributed by atoms with van der Waals surface area (Å²) < 4.78 is 0.